The molecule has 0 spiro atoms. The van der Waals surface area contributed by atoms with Crippen LogP contribution in [0.1, 0.15) is 27.2 Å². The minimum absolute atomic E-state index is 0.103. The van der Waals surface area contributed by atoms with E-state index >= 15 is 0 Å². The van der Waals surface area contributed by atoms with Crippen LogP contribution in [0.5, 0.6) is 5.75 Å². The van der Waals surface area contributed by atoms with Gasteiger partial charge in [0.15, 0.2) is 0 Å². The fourth-order valence-electron chi connectivity index (χ4n) is 1.89. The Hall–Kier alpha value is -1.64. The predicted octanol–water partition coefficient (Wildman–Crippen LogP) is 3.17. The van der Waals surface area contributed by atoms with Crippen molar-refractivity contribution in [1.29, 1.82) is 0 Å². The van der Waals surface area contributed by atoms with E-state index in [2.05, 4.69) is 11.3 Å². The molecule has 0 unspecified atom stereocenters. The molecule has 146 valence electrons. The first kappa shape index (κ1) is 22.4. The van der Waals surface area contributed by atoms with Gasteiger partial charge in [-0.2, -0.15) is 4.72 Å². The monoisotopic (exact) mass is 407 g/mol. The summed E-state index contributed by atoms with van der Waals surface area (Å²) in [5, 5.41) is 0. The highest BCUT2D eigenvalue weighted by molar-refractivity contribution is 7.89. The molecule has 0 saturated carbocycles. The first-order valence-corrected chi connectivity index (χ1v) is 9.83. The average Bonchev–Trinajstić information content (AvgIpc) is 2.50. The summed E-state index contributed by atoms with van der Waals surface area (Å²) in [4.78, 5) is 12.1. The second-order valence-electron chi connectivity index (χ2n) is 6.44. The van der Waals surface area contributed by atoms with Crippen molar-refractivity contribution in [3.63, 3.8) is 0 Å². The van der Waals surface area contributed by atoms with Crippen LogP contribution in [0.2, 0.25) is 0 Å². The van der Waals surface area contributed by atoms with E-state index in [1.807, 2.05) is 0 Å². The maximum Gasteiger partial charge on any atom is 0.325 e. The van der Waals surface area contributed by atoms with Crippen molar-refractivity contribution in [3.05, 3.63) is 36.7 Å². The molecule has 6 nitrogen and oxygen atoms in total. The number of carbonyl (C=O) groups is 1. The molecule has 0 bridgehead atoms. The van der Waals surface area contributed by atoms with Gasteiger partial charge in [-0.3, -0.25) is 4.79 Å². The van der Waals surface area contributed by atoms with Crippen molar-refractivity contribution in [3.8, 4) is 5.75 Å². The molecule has 0 amide bonds. The van der Waals surface area contributed by atoms with Gasteiger partial charge in [-0.25, -0.2) is 12.8 Å². The van der Waals surface area contributed by atoms with E-state index in [4.69, 9.17) is 21.1 Å². The summed E-state index contributed by atoms with van der Waals surface area (Å²) in [6, 6.07) is 4.10. The van der Waals surface area contributed by atoms with Crippen LogP contribution in [0.4, 0.5) is 4.39 Å². The molecule has 1 rings (SSSR count). The van der Waals surface area contributed by atoms with Gasteiger partial charge >= 0.3 is 5.97 Å². The number of carbonyl (C=O) groups excluding carboxylic acids is 1. The number of benzene rings is 1. The number of nitrogens with one attached hydrogen (secondary N) is 1. The number of halogens is 2. The Balaban J connectivity index is 2.97. The number of alkyl halides is 1. The van der Waals surface area contributed by atoms with Crippen LogP contribution in [-0.2, 0) is 19.6 Å². The summed E-state index contributed by atoms with van der Waals surface area (Å²) in [5.41, 5.74) is -0.847. The van der Waals surface area contributed by atoms with Gasteiger partial charge in [-0.1, -0.05) is 6.58 Å². The van der Waals surface area contributed by atoms with Gasteiger partial charge in [0, 0.05) is 6.42 Å². The van der Waals surface area contributed by atoms with Gasteiger partial charge in [0.25, 0.3) is 0 Å². The fraction of sp³-hybridized carbons (Fsp3) is 0.471. The van der Waals surface area contributed by atoms with Crippen LogP contribution in [-0.4, -0.2) is 38.5 Å². The van der Waals surface area contributed by atoms with Gasteiger partial charge in [0.05, 0.1) is 16.6 Å². The summed E-state index contributed by atoms with van der Waals surface area (Å²) < 4.78 is 50.8. The molecule has 0 aliphatic heterocycles. The molecule has 0 aromatic heterocycles. The van der Waals surface area contributed by atoms with Crippen molar-refractivity contribution in [2.24, 2.45) is 0 Å². The number of ether oxygens (including phenoxy) is 2. The number of hydrogen-bond donors (Lipinski definition) is 1. The summed E-state index contributed by atoms with van der Waals surface area (Å²) in [7, 11) is -4.08. The van der Waals surface area contributed by atoms with Crippen molar-refractivity contribution < 1.29 is 27.1 Å². The summed E-state index contributed by atoms with van der Waals surface area (Å²) in [6.45, 7) is 8.24. The summed E-state index contributed by atoms with van der Waals surface area (Å²) in [5.74, 6) is -0.979. The van der Waals surface area contributed by atoms with Crippen LogP contribution in [0.15, 0.2) is 41.6 Å². The lowest BCUT2D eigenvalue weighted by atomic mass is 10.1. The van der Waals surface area contributed by atoms with E-state index in [0.717, 1.165) is 0 Å². The van der Waals surface area contributed by atoms with E-state index in [9.17, 15) is 17.6 Å². The normalized spacial score (nSPS) is 13.1. The van der Waals surface area contributed by atoms with Crippen LogP contribution in [0.25, 0.3) is 0 Å². The summed E-state index contributed by atoms with van der Waals surface area (Å²) in [6.07, 6.45) is -0.523. The second kappa shape index (κ2) is 9.34. The van der Waals surface area contributed by atoms with Crippen molar-refractivity contribution in [2.45, 2.75) is 43.7 Å². The number of sulfonamides is 1. The highest BCUT2D eigenvalue weighted by Crippen LogP contribution is 2.19. The van der Waals surface area contributed by atoms with Gasteiger partial charge in [0.2, 0.25) is 10.0 Å². The Bertz CT molecular complexity index is 729. The third-order valence-electron chi connectivity index (χ3n) is 2.89. The molecule has 1 aromatic carbocycles. The lowest BCUT2D eigenvalue weighted by Gasteiger charge is -2.24. The second-order valence-corrected chi connectivity index (χ2v) is 8.53. The molecule has 0 aliphatic carbocycles. The third kappa shape index (κ3) is 7.72. The highest BCUT2D eigenvalue weighted by Gasteiger charge is 2.30. The Morgan fingerprint density at radius 2 is 1.88 bits per heavy atom. The molecular weight excluding hydrogens is 385 g/mol. The highest BCUT2D eigenvalue weighted by atomic mass is 35.5. The van der Waals surface area contributed by atoms with Crippen LogP contribution in [0.3, 0.4) is 0 Å². The topological polar surface area (TPSA) is 81.7 Å². The van der Waals surface area contributed by atoms with Gasteiger partial charge < -0.3 is 9.47 Å². The Labute approximate surface area is 158 Å². The SMILES string of the molecule is C=C(F)C[C@H](NS(=O)(=O)c1ccc(OCCCl)cc1)C(=O)OC(C)(C)C. The molecule has 0 heterocycles. The van der Waals surface area contributed by atoms with Crippen molar-refractivity contribution in [2.75, 3.05) is 12.5 Å². The molecule has 9 heteroatoms. The van der Waals surface area contributed by atoms with Gasteiger partial charge in [0.1, 0.15) is 24.0 Å². The van der Waals surface area contributed by atoms with E-state index in [0.29, 0.717) is 11.6 Å². The molecule has 1 atom stereocenters. The minimum Gasteiger partial charge on any atom is -0.492 e. The number of hydrogen-bond acceptors (Lipinski definition) is 5. The Morgan fingerprint density at radius 3 is 2.35 bits per heavy atom. The quantitative estimate of drug-likeness (QED) is 0.502. The minimum atomic E-state index is -4.08. The molecule has 0 fully saturated rings. The summed E-state index contributed by atoms with van der Waals surface area (Å²) >= 11 is 5.52. The van der Waals surface area contributed by atoms with E-state index in [-0.39, 0.29) is 11.5 Å². The average molecular weight is 408 g/mol. The van der Waals surface area contributed by atoms with E-state index < -0.39 is 39.9 Å². The fourth-order valence-corrected chi connectivity index (χ4v) is 3.16. The number of esters is 1. The Kier molecular flexibility index (Phi) is 8.05. The lowest BCUT2D eigenvalue weighted by molar-refractivity contribution is -0.157. The first-order valence-electron chi connectivity index (χ1n) is 7.82. The molecule has 26 heavy (non-hydrogen) atoms. The Morgan fingerprint density at radius 1 is 1.31 bits per heavy atom. The maximum atomic E-state index is 13.2. The van der Waals surface area contributed by atoms with Gasteiger partial charge in [-0.05, 0) is 45.0 Å². The zero-order valence-corrected chi connectivity index (χ0v) is 16.5. The lowest BCUT2D eigenvalue weighted by Crippen LogP contribution is -2.44. The molecule has 1 aromatic rings. The first-order chi connectivity index (χ1) is 11.9. The van der Waals surface area contributed by atoms with Crippen LogP contribution >= 0.6 is 11.6 Å². The zero-order chi connectivity index (χ0) is 20.0. The molecular formula is C17H23ClFNO5S. The zero-order valence-electron chi connectivity index (χ0n) is 14.9. The number of rotatable bonds is 9. The third-order valence-corrected chi connectivity index (χ3v) is 4.54. The van der Waals surface area contributed by atoms with Crippen LogP contribution in [0, 0.1) is 0 Å². The smallest absolute Gasteiger partial charge is 0.325 e. The molecule has 1 N–H and O–H groups in total. The maximum absolute atomic E-state index is 13.2. The molecule has 0 radical (unpaired) electrons. The van der Waals surface area contributed by atoms with E-state index in [1.165, 1.54) is 24.3 Å². The van der Waals surface area contributed by atoms with E-state index in [1.54, 1.807) is 20.8 Å². The molecule has 0 aliphatic rings. The predicted molar refractivity (Wildman–Crippen MR) is 97.5 cm³/mol. The standard InChI is InChI=1S/C17H23ClFNO5S/c1-12(19)11-15(16(21)25-17(2,3)4)20-26(22,23)14-7-5-13(6-8-14)24-10-9-18/h5-8,15,20H,1,9-11H2,2-4H3/t15-/m0/s1. The van der Waals surface area contributed by atoms with Crippen LogP contribution < -0.4 is 9.46 Å². The van der Waals surface area contributed by atoms with Crippen molar-refractivity contribution in [1.82, 2.24) is 4.72 Å². The largest absolute Gasteiger partial charge is 0.492 e. The van der Waals surface area contributed by atoms with Crippen molar-refractivity contribution >= 4 is 27.6 Å². The molecule has 0 saturated heterocycles. The van der Waals surface area contributed by atoms with Gasteiger partial charge in [-0.15, -0.1) is 11.6 Å².